The molecule has 0 aromatic carbocycles. The van der Waals surface area contributed by atoms with Crippen molar-refractivity contribution in [3.05, 3.63) is 21.8 Å². The molecule has 0 fully saturated rings. The molecule has 1 aromatic heterocycles. The highest BCUT2D eigenvalue weighted by molar-refractivity contribution is 9.10. The lowest BCUT2D eigenvalue weighted by Gasteiger charge is -2.17. The number of nitrogens with zero attached hydrogens (tertiary/aromatic N) is 1. The zero-order chi connectivity index (χ0) is 8.55. The Bertz CT molecular complexity index is 279. The summed E-state index contributed by atoms with van der Waals surface area (Å²) in [4.78, 5) is 4.12. The highest BCUT2D eigenvalue weighted by Gasteiger charge is 2.14. The first-order valence-corrected chi connectivity index (χ1v) is 5.00. The number of hydrogen-bond acceptors (Lipinski definition) is 2. The van der Waals surface area contributed by atoms with Gasteiger partial charge in [0.15, 0.2) is 0 Å². The third-order valence-corrected chi connectivity index (χ3v) is 3.07. The zero-order valence-electron chi connectivity index (χ0n) is 6.81. The highest BCUT2D eigenvalue weighted by Crippen LogP contribution is 2.30. The summed E-state index contributed by atoms with van der Waals surface area (Å²) in [5.41, 5.74) is 8.41. The van der Waals surface area contributed by atoms with Gasteiger partial charge >= 0.3 is 0 Å². The van der Waals surface area contributed by atoms with E-state index in [1.807, 2.05) is 0 Å². The maximum atomic E-state index is 5.78. The first-order valence-electron chi connectivity index (χ1n) is 4.21. The molecule has 1 aliphatic carbocycles. The number of nitrogen functional groups attached to an aromatic ring is 1. The molecule has 0 unspecified atom stereocenters. The zero-order valence-corrected chi connectivity index (χ0v) is 8.39. The molecule has 2 N–H and O–H groups in total. The molecule has 0 saturated carbocycles. The van der Waals surface area contributed by atoms with Gasteiger partial charge in [0.25, 0.3) is 0 Å². The quantitative estimate of drug-likeness (QED) is 0.738. The van der Waals surface area contributed by atoms with Crippen LogP contribution >= 0.6 is 15.9 Å². The summed E-state index contributed by atoms with van der Waals surface area (Å²) in [6.45, 7) is 0. The van der Waals surface area contributed by atoms with Gasteiger partial charge in [0.2, 0.25) is 0 Å². The van der Waals surface area contributed by atoms with Crippen molar-refractivity contribution < 1.29 is 0 Å². The Labute approximate surface area is 80.3 Å². The van der Waals surface area contributed by atoms with E-state index in [2.05, 4.69) is 20.9 Å². The Balaban J connectivity index is 2.57. The molecule has 64 valence electrons. The molecule has 1 aromatic rings. The molecule has 2 nitrogen and oxygen atoms in total. The van der Waals surface area contributed by atoms with Gasteiger partial charge in [-0.05, 0) is 52.7 Å². The van der Waals surface area contributed by atoms with Crippen molar-refractivity contribution in [2.45, 2.75) is 25.7 Å². The van der Waals surface area contributed by atoms with E-state index in [0.717, 1.165) is 17.3 Å². The second-order valence-electron chi connectivity index (χ2n) is 3.16. The van der Waals surface area contributed by atoms with Crippen LogP contribution in [-0.4, -0.2) is 4.98 Å². The molecule has 1 aliphatic rings. The molecule has 0 spiro atoms. The van der Waals surface area contributed by atoms with Gasteiger partial charge in [-0.1, -0.05) is 0 Å². The van der Waals surface area contributed by atoms with Crippen LogP contribution in [0.4, 0.5) is 5.82 Å². The van der Waals surface area contributed by atoms with Crippen LogP contribution in [0.1, 0.15) is 24.0 Å². The van der Waals surface area contributed by atoms with Crippen molar-refractivity contribution in [2.75, 3.05) is 5.73 Å². The average molecular weight is 227 g/mol. The Morgan fingerprint density at radius 3 is 2.58 bits per heavy atom. The minimum absolute atomic E-state index is 0.716. The van der Waals surface area contributed by atoms with Crippen molar-refractivity contribution in [1.29, 1.82) is 0 Å². The fraction of sp³-hybridized carbons (Fsp3) is 0.444. The van der Waals surface area contributed by atoms with Gasteiger partial charge in [-0.2, -0.15) is 0 Å². The summed E-state index contributed by atoms with van der Waals surface area (Å²) < 4.78 is 1.12. The van der Waals surface area contributed by atoms with Gasteiger partial charge < -0.3 is 5.73 Å². The maximum Gasteiger partial charge on any atom is 0.126 e. The molecule has 0 aliphatic heterocycles. The molecule has 0 amide bonds. The molecule has 12 heavy (non-hydrogen) atoms. The van der Waals surface area contributed by atoms with Crippen LogP contribution in [0.2, 0.25) is 0 Å². The number of aromatic nitrogens is 1. The van der Waals surface area contributed by atoms with Gasteiger partial charge in [0.1, 0.15) is 5.82 Å². The lowest BCUT2D eigenvalue weighted by atomic mass is 9.93. The summed E-state index contributed by atoms with van der Waals surface area (Å²) in [5.74, 6) is 0.716. The summed E-state index contributed by atoms with van der Waals surface area (Å²) >= 11 is 3.50. The molecule has 1 heterocycles. The molecule has 0 saturated heterocycles. The van der Waals surface area contributed by atoms with Crippen molar-refractivity contribution in [3.8, 4) is 0 Å². The van der Waals surface area contributed by atoms with E-state index in [0.29, 0.717) is 5.82 Å². The average Bonchev–Trinajstić information content (AvgIpc) is 2.12. The smallest absolute Gasteiger partial charge is 0.126 e. The fourth-order valence-electron chi connectivity index (χ4n) is 1.73. The van der Waals surface area contributed by atoms with E-state index >= 15 is 0 Å². The molecule has 0 radical (unpaired) electrons. The van der Waals surface area contributed by atoms with E-state index in [4.69, 9.17) is 5.73 Å². The van der Waals surface area contributed by atoms with Gasteiger partial charge in [0, 0.05) is 10.7 Å². The largest absolute Gasteiger partial charge is 0.383 e. The fourth-order valence-corrected chi connectivity index (χ4v) is 2.27. The molecule has 3 heteroatoms. The van der Waals surface area contributed by atoms with Crippen LogP contribution in [0.3, 0.4) is 0 Å². The summed E-state index contributed by atoms with van der Waals surface area (Å²) in [6, 6.07) is 0. The first kappa shape index (κ1) is 8.05. The molecule has 2 rings (SSSR count). The number of hydrogen-bond donors (Lipinski definition) is 1. The van der Waals surface area contributed by atoms with E-state index in [1.165, 1.54) is 24.0 Å². The minimum Gasteiger partial charge on any atom is -0.383 e. The van der Waals surface area contributed by atoms with Gasteiger partial charge in [-0.3, -0.25) is 0 Å². The van der Waals surface area contributed by atoms with Crippen molar-refractivity contribution in [3.63, 3.8) is 0 Å². The number of fused-ring (bicyclic) bond motifs is 1. The summed E-state index contributed by atoms with van der Waals surface area (Å²) in [7, 11) is 0. The third-order valence-electron chi connectivity index (χ3n) is 2.38. The van der Waals surface area contributed by atoms with Crippen molar-refractivity contribution >= 4 is 21.7 Å². The monoisotopic (exact) mass is 226 g/mol. The van der Waals surface area contributed by atoms with Gasteiger partial charge in [0.05, 0.1) is 0 Å². The number of pyridine rings is 1. The third kappa shape index (κ3) is 1.22. The molecular weight excluding hydrogens is 216 g/mol. The van der Waals surface area contributed by atoms with Crippen molar-refractivity contribution in [2.24, 2.45) is 0 Å². The van der Waals surface area contributed by atoms with Crippen LogP contribution in [-0.2, 0) is 12.8 Å². The Morgan fingerprint density at radius 1 is 1.25 bits per heavy atom. The molecule has 0 bridgehead atoms. The Hall–Kier alpha value is -0.570. The number of nitrogens with two attached hydrogens (primary N) is 1. The normalized spacial score (nSPS) is 15.8. The number of anilines is 1. The lowest BCUT2D eigenvalue weighted by molar-refractivity contribution is 0.681. The predicted molar refractivity (Wildman–Crippen MR) is 53.0 cm³/mol. The molecular formula is C9H11BrN2. The van der Waals surface area contributed by atoms with E-state index in [1.54, 1.807) is 6.20 Å². The van der Waals surface area contributed by atoms with Crippen molar-refractivity contribution in [1.82, 2.24) is 4.98 Å². The SMILES string of the molecule is Nc1ncc(Br)c2c1CCCC2. The van der Waals surface area contributed by atoms with Crippen LogP contribution in [0.15, 0.2) is 10.7 Å². The Morgan fingerprint density at radius 2 is 1.92 bits per heavy atom. The number of rotatable bonds is 0. The summed E-state index contributed by atoms with van der Waals surface area (Å²) in [5, 5.41) is 0. The van der Waals surface area contributed by atoms with Crippen LogP contribution in [0.25, 0.3) is 0 Å². The standard InChI is InChI=1S/C9H11BrN2/c10-8-5-12-9(11)7-4-2-1-3-6(7)8/h5H,1-4H2,(H2,11,12). The first-order chi connectivity index (χ1) is 5.79. The molecule has 0 atom stereocenters. The second-order valence-corrected chi connectivity index (χ2v) is 4.01. The predicted octanol–water partition coefficient (Wildman–Crippen LogP) is 2.31. The minimum atomic E-state index is 0.716. The van der Waals surface area contributed by atoms with E-state index in [9.17, 15) is 0 Å². The Kier molecular flexibility index (Phi) is 2.05. The topological polar surface area (TPSA) is 38.9 Å². The van der Waals surface area contributed by atoms with Gasteiger partial charge in [-0.15, -0.1) is 0 Å². The van der Waals surface area contributed by atoms with Crippen LogP contribution in [0.5, 0.6) is 0 Å². The van der Waals surface area contributed by atoms with E-state index < -0.39 is 0 Å². The lowest BCUT2D eigenvalue weighted by Crippen LogP contribution is -2.08. The van der Waals surface area contributed by atoms with Crippen LogP contribution in [0, 0.1) is 0 Å². The maximum absolute atomic E-state index is 5.78. The number of halogens is 1. The highest BCUT2D eigenvalue weighted by atomic mass is 79.9. The van der Waals surface area contributed by atoms with Crippen LogP contribution < -0.4 is 5.73 Å². The summed E-state index contributed by atoms with van der Waals surface area (Å²) in [6.07, 6.45) is 6.56. The van der Waals surface area contributed by atoms with E-state index in [-0.39, 0.29) is 0 Å². The second kappa shape index (κ2) is 3.05. The van der Waals surface area contributed by atoms with Gasteiger partial charge in [-0.25, -0.2) is 4.98 Å².